The second-order valence-electron chi connectivity index (χ2n) is 8.37. The summed E-state index contributed by atoms with van der Waals surface area (Å²) >= 11 is 3.94. The van der Waals surface area contributed by atoms with E-state index >= 15 is 0 Å². The van der Waals surface area contributed by atoms with Crippen molar-refractivity contribution < 1.29 is 13.2 Å². The van der Waals surface area contributed by atoms with Crippen LogP contribution in [0.25, 0.3) is 0 Å². The van der Waals surface area contributed by atoms with Crippen LogP contribution < -0.4 is 0 Å². The first kappa shape index (κ1) is 15.4. The third-order valence-electron chi connectivity index (χ3n) is 6.52. The smallest absolute Gasteiger partial charge is 0.228 e. The number of halogens is 1. The maximum absolute atomic E-state index is 13.2. The van der Waals surface area contributed by atoms with E-state index in [-0.39, 0.29) is 33.2 Å². The fourth-order valence-corrected chi connectivity index (χ4v) is 9.25. The molecule has 124 valence electrons. The van der Waals surface area contributed by atoms with Crippen molar-refractivity contribution in [2.24, 2.45) is 17.3 Å². The third-order valence-corrected chi connectivity index (χ3v) is 9.20. The van der Waals surface area contributed by atoms with Gasteiger partial charge in [-0.1, -0.05) is 15.9 Å². The van der Waals surface area contributed by atoms with Gasteiger partial charge in [0.2, 0.25) is 5.91 Å². The third kappa shape index (κ3) is 2.36. The molecule has 1 aliphatic heterocycles. The molecule has 2 unspecified atom stereocenters. The maximum atomic E-state index is 13.2. The van der Waals surface area contributed by atoms with Crippen molar-refractivity contribution in [2.45, 2.75) is 55.3 Å². The van der Waals surface area contributed by atoms with Crippen LogP contribution in [-0.4, -0.2) is 48.1 Å². The Labute approximate surface area is 141 Å². The molecule has 1 heterocycles. The van der Waals surface area contributed by atoms with Gasteiger partial charge in [0.05, 0.1) is 16.9 Å². The van der Waals surface area contributed by atoms with E-state index in [1.165, 1.54) is 19.3 Å². The van der Waals surface area contributed by atoms with Gasteiger partial charge in [0.25, 0.3) is 0 Å². The molecule has 0 aromatic rings. The van der Waals surface area contributed by atoms with Gasteiger partial charge >= 0.3 is 0 Å². The van der Waals surface area contributed by atoms with Crippen molar-refractivity contribution in [3.05, 3.63) is 0 Å². The predicted molar refractivity (Wildman–Crippen MR) is 88.6 cm³/mol. The quantitative estimate of drug-likeness (QED) is 0.681. The summed E-state index contributed by atoms with van der Waals surface area (Å²) in [5.41, 5.74) is -0.227. The summed E-state index contributed by atoms with van der Waals surface area (Å²) in [6, 6.07) is -0.114. The van der Waals surface area contributed by atoms with Crippen molar-refractivity contribution in [2.75, 3.05) is 18.6 Å². The van der Waals surface area contributed by atoms with Gasteiger partial charge in [-0.2, -0.15) is 0 Å². The summed E-state index contributed by atoms with van der Waals surface area (Å²) in [5, 5.41) is 0. The SMILES string of the molecule is CN(C(=O)C12C[C@@H]3C[C@@H](CC(Br)(C3)C1)C2)[C@H]1CCS(=O)(=O)C1. The van der Waals surface area contributed by atoms with E-state index in [1.807, 2.05) is 7.05 Å². The predicted octanol–water partition coefficient (Wildman–Crippen LogP) is 2.37. The summed E-state index contributed by atoms with van der Waals surface area (Å²) in [5.74, 6) is 1.94. The minimum Gasteiger partial charge on any atom is -0.341 e. The molecule has 6 heteroatoms. The molecule has 0 aromatic carbocycles. The molecule has 0 aromatic heterocycles. The molecule has 22 heavy (non-hydrogen) atoms. The number of hydrogen-bond donors (Lipinski definition) is 0. The van der Waals surface area contributed by atoms with Gasteiger partial charge in [0.15, 0.2) is 9.84 Å². The zero-order valence-corrected chi connectivity index (χ0v) is 15.5. The molecule has 5 rings (SSSR count). The first-order valence-electron chi connectivity index (χ1n) is 8.37. The summed E-state index contributed by atoms with van der Waals surface area (Å²) < 4.78 is 23.6. The molecule has 0 spiro atoms. The zero-order chi connectivity index (χ0) is 15.8. The van der Waals surface area contributed by atoms with Gasteiger partial charge in [-0.3, -0.25) is 4.79 Å². The number of sulfone groups is 1. The van der Waals surface area contributed by atoms with Crippen molar-refractivity contribution in [1.29, 1.82) is 0 Å². The highest BCUT2D eigenvalue weighted by atomic mass is 79.9. The summed E-state index contributed by atoms with van der Waals surface area (Å²) in [6.07, 6.45) is 7.27. The van der Waals surface area contributed by atoms with E-state index in [4.69, 9.17) is 0 Å². The Balaban J connectivity index is 1.57. The van der Waals surface area contributed by atoms with E-state index in [0.717, 1.165) is 19.3 Å². The van der Waals surface area contributed by atoms with Crippen LogP contribution in [-0.2, 0) is 14.6 Å². The molecule has 0 N–H and O–H groups in total. The van der Waals surface area contributed by atoms with Gasteiger partial charge in [-0.25, -0.2) is 8.42 Å². The molecule has 5 fully saturated rings. The second-order valence-corrected chi connectivity index (χ2v) is 12.3. The van der Waals surface area contributed by atoms with Crippen LogP contribution in [0.4, 0.5) is 0 Å². The van der Waals surface area contributed by atoms with E-state index in [1.54, 1.807) is 4.90 Å². The zero-order valence-electron chi connectivity index (χ0n) is 13.1. The number of nitrogens with zero attached hydrogens (tertiary/aromatic N) is 1. The fourth-order valence-electron chi connectivity index (χ4n) is 6.02. The van der Waals surface area contributed by atoms with Gasteiger partial charge in [-0.05, 0) is 56.8 Å². The Morgan fingerprint density at radius 1 is 1.18 bits per heavy atom. The van der Waals surface area contributed by atoms with E-state index in [9.17, 15) is 13.2 Å². The number of hydrogen-bond acceptors (Lipinski definition) is 3. The number of alkyl halides is 1. The molecule has 5 atom stereocenters. The standard InChI is InChI=1S/C16H24BrNO3S/c1-18(13-2-3-22(20,21)9-13)14(19)15-5-11-4-12(6-15)8-16(17,7-11)10-15/h11-13H,2-10H2,1H3/t11-,12+,13-,15?,16?/m0/s1. The van der Waals surface area contributed by atoms with Crippen LogP contribution in [0.5, 0.6) is 0 Å². The molecule has 4 bridgehead atoms. The summed E-state index contributed by atoms with van der Waals surface area (Å²) in [7, 11) is -1.12. The average molecular weight is 390 g/mol. The Morgan fingerprint density at radius 3 is 2.32 bits per heavy atom. The van der Waals surface area contributed by atoms with Crippen LogP contribution in [0.3, 0.4) is 0 Å². The summed E-state index contributed by atoms with van der Waals surface area (Å²) in [6.45, 7) is 0. The lowest BCUT2D eigenvalue weighted by atomic mass is 9.49. The highest BCUT2D eigenvalue weighted by Crippen LogP contribution is 2.64. The number of rotatable bonds is 2. The Hall–Kier alpha value is -0.100. The fraction of sp³-hybridized carbons (Fsp3) is 0.938. The molecule has 5 aliphatic rings. The molecular weight excluding hydrogens is 366 g/mol. The minimum atomic E-state index is -2.95. The highest BCUT2D eigenvalue weighted by Gasteiger charge is 2.60. The Morgan fingerprint density at radius 2 is 1.82 bits per heavy atom. The number of carbonyl (C=O) groups is 1. The molecule has 1 amide bonds. The second kappa shape index (κ2) is 4.71. The van der Waals surface area contributed by atoms with Gasteiger partial charge < -0.3 is 4.90 Å². The lowest BCUT2D eigenvalue weighted by molar-refractivity contribution is -0.155. The molecular formula is C16H24BrNO3S. The first-order chi connectivity index (χ1) is 10.2. The van der Waals surface area contributed by atoms with Crippen molar-refractivity contribution in [1.82, 2.24) is 4.90 Å². The lowest BCUT2D eigenvalue weighted by Crippen LogP contribution is -2.59. The Bertz CT molecular complexity index is 603. The number of carbonyl (C=O) groups excluding carboxylic acids is 1. The van der Waals surface area contributed by atoms with Crippen LogP contribution in [0.2, 0.25) is 0 Å². The molecule has 4 saturated carbocycles. The topological polar surface area (TPSA) is 54.5 Å². The molecule has 1 saturated heterocycles. The van der Waals surface area contributed by atoms with E-state index < -0.39 is 9.84 Å². The molecule has 4 aliphatic carbocycles. The van der Waals surface area contributed by atoms with Crippen LogP contribution in [0.1, 0.15) is 44.9 Å². The van der Waals surface area contributed by atoms with Crippen LogP contribution in [0.15, 0.2) is 0 Å². The number of amides is 1. The van der Waals surface area contributed by atoms with Gasteiger partial charge in [0, 0.05) is 17.4 Å². The largest absolute Gasteiger partial charge is 0.341 e. The van der Waals surface area contributed by atoms with Gasteiger partial charge in [-0.15, -0.1) is 0 Å². The van der Waals surface area contributed by atoms with Crippen LogP contribution >= 0.6 is 15.9 Å². The van der Waals surface area contributed by atoms with Crippen molar-refractivity contribution in [3.63, 3.8) is 0 Å². The maximum Gasteiger partial charge on any atom is 0.228 e. The Kier molecular flexibility index (Phi) is 3.31. The normalized spacial score (nSPS) is 48.5. The van der Waals surface area contributed by atoms with Crippen molar-refractivity contribution >= 4 is 31.7 Å². The van der Waals surface area contributed by atoms with Crippen LogP contribution in [0, 0.1) is 17.3 Å². The molecule has 0 radical (unpaired) electrons. The van der Waals surface area contributed by atoms with E-state index in [2.05, 4.69) is 15.9 Å². The van der Waals surface area contributed by atoms with E-state index in [0.29, 0.717) is 18.3 Å². The summed E-state index contributed by atoms with van der Waals surface area (Å²) in [4.78, 5) is 15.0. The lowest BCUT2D eigenvalue weighted by Gasteiger charge is -2.60. The van der Waals surface area contributed by atoms with Crippen molar-refractivity contribution in [3.8, 4) is 0 Å². The van der Waals surface area contributed by atoms with Gasteiger partial charge in [0.1, 0.15) is 0 Å². The first-order valence-corrected chi connectivity index (χ1v) is 11.0. The average Bonchev–Trinajstić information content (AvgIpc) is 2.74. The molecule has 4 nitrogen and oxygen atoms in total. The highest BCUT2D eigenvalue weighted by molar-refractivity contribution is 9.10. The monoisotopic (exact) mass is 389 g/mol. The minimum absolute atomic E-state index is 0.114.